The fourth-order valence-electron chi connectivity index (χ4n) is 9.61. The van der Waals surface area contributed by atoms with E-state index in [-0.39, 0.29) is 31.1 Å². The highest BCUT2D eigenvalue weighted by Crippen LogP contribution is 2.18. The lowest BCUT2D eigenvalue weighted by Crippen LogP contribution is -2.30. The van der Waals surface area contributed by atoms with Gasteiger partial charge in [0.05, 0.1) is 0 Å². The highest BCUT2D eigenvalue weighted by atomic mass is 16.6. The fraction of sp³-hybridized carbons (Fsp3) is 0.892. The maximum absolute atomic E-state index is 12.8. The second-order valence-electron chi connectivity index (χ2n) is 21.7. The summed E-state index contributed by atoms with van der Waals surface area (Å²) in [6.45, 7) is 6.57. The molecule has 0 spiro atoms. The molecule has 0 saturated heterocycles. The molecule has 6 heteroatoms. The van der Waals surface area contributed by atoms with Crippen LogP contribution in [0.2, 0.25) is 0 Å². The quantitative estimate of drug-likeness (QED) is 0.0261. The average Bonchev–Trinajstić information content (AvgIpc) is 3.37. The number of esters is 3. The first-order valence-corrected chi connectivity index (χ1v) is 31.8. The summed E-state index contributed by atoms with van der Waals surface area (Å²) in [5.74, 6) is -0.877. The van der Waals surface area contributed by atoms with Gasteiger partial charge in [-0.1, -0.05) is 302 Å². The van der Waals surface area contributed by atoms with E-state index < -0.39 is 6.10 Å². The Morgan fingerprint density at radius 2 is 0.507 bits per heavy atom. The SMILES string of the molecule is CCC/C=C\CCCCCCCC(=O)OCC(COC(=O)CCCCCCCCCCCCCCCCCCCCCCCCCCCCCCCCCC)OC(=O)CCCCCCC/C=C\CCCC. The standard InChI is InChI=1S/C65H122O6/c1-4-7-10-13-16-19-22-23-24-25-26-27-28-29-30-31-32-33-34-35-36-37-38-39-40-41-42-44-46-49-52-55-58-64(67)70-61-62(60-69-63(66)57-54-51-48-45-21-18-15-12-9-6-3)71-65(68)59-56-53-50-47-43-20-17-14-11-8-5-2/h12,14-15,17,62H,4-11,13,16,18-61H2,1-3H3/b15-12-,17-14-. The summed E-state index contributed by atoms with van der Waals surface area (Å²) in [4.78, 5) is 38.0. The minimum absolute atomic E-state index is 0.0735. The molecule has 418 valence electrons. The molecule has 0 amide bonds. The number of carbonyl (C=O) groups excluding carboxylic acids is 3. The average molecular weight is 1000 g/mol. The molecule has 0 rings (SSSR count). The third-order valence-corrected chi connectivity index (χ3v) is 14.4. The first-order valence-electron chi connectivity index (χ1n) is 31.8. The van der Waals surface area contributed by atoms with Crippen LogP contribution in [0.3, 0.4) is 0 Å². The lowest BCUT2D eigenvalue weighted by atomic mass is 10.0. The van der Waals surface area contributed by atoms with E-state index in [9.17, 15) is 14.4 Å². The van der Waals surface area contributed by atoms with E-state index in [1.165, 1.54) is 231 Å². The zero-order chi connectivity index (χ0) is 51.4. The topological polar surface area (TPSA) is 78.9 Å². The number of hydrogen-bond acceptors (Lipinski definition) is 6. The molecule has 1 atom stereocenters. The van der Waals surface area contributed by atoms with Crippen molar-refractivity contribution < 1.29 is 28.6 Å². The van der Waals surface area contributed by atoms with Gasteiger partial charge in [0.15, 0.2) is 6.10 Å². The van der Waals surface area contributed by atoms with E-state index in [1.54, 1.807) is 0 Å². The Morgan fingerprint density at radius 3 is 0.803 bits per heavy atom. The molecule has 0 bridgehead atoms. The molecule has 0 aliphatic carbocycles. The summed E-state index contributed by atoms with van der Waals surface area (Å²) in [7, 11) is 0. The smallest absolute Gasteiger partial charge is 0.306 e. The number of rotatable bonds is 59. The van der Waals surface area contributed by atoms with Crippen molar-refractivity contribution >= 4 is 17.9 Å². The zero-order valence-electron chi connectivity index (χ0n) is 48.0. The van der Waals surface area contributed by atoms with Crippen molar-refractivity contribution in [1.29, 1.82) is 0 Å². The Kier molecular flexibility index (Phi) is 58.6. The Labute approximate surface area is 443 Å². The predicted octanol–water partition coefficient (Wildman–Crippen LogP) is 21.4. The molecule has 0 saturated carbocycles. The van der Waals surface area contributed by atoms with Crippen LogP contribution in [0.4, 0.5) is 0 Å². The number of carbonyl (C=O) groups is 3. The van der Waals surface area contributed by atoms with Gasteiger partial charge in [-0.15, -0.1) is 0 Å². The molecule has 0 aromatic carbocycles. The van der Waals surface area contributed by atoms with Crippen molar-refractivity contribution in [1.82, 2.24) is 0 Å². The van der Waals surface area contributed by atoms with Crippen LogP contribution in [0.15, 0.2) is 24.3 Å². The summed E-state index contributed by atoms with van der Waals surface area (Å²) >= 11 is 0. The van der Waals surface area contributed by atoms with Crippen molar-refractivity contribution in [2.45, 2.75) is 361 Å². The van der Waals surface area contributed by atoms with Crippen LogP contribution >= 0.6 is 0 Å². The molecule has 0 aliphatic heterocycles. The number of unbranched alkanes of at least 4 members (excludes halogenated alkanes) is 44. The molecule has 0 aromatic heterocycles. The van der Waals surface area contributed by atoms with Gasteiger partial charge in [0.25, 0.3) is 0 Å². The summed E-state index contributed by atoms with van der Waals surface area (Å²) in [5.41, 5.74) is 0. The van der Waals surface area contributed by atoms with Crippen LogP contribution in [-0.4, -0.2) is 37.2 Å². The number of allylic oxidation sites excluding steroid dienone is 4. The highest BCUT2D eigenvalue weighted by molar-refractivity contribution is 5.71. The molecule has 71 heavy (non-hydrogen) atoms. The minimum atomic E-state index is -0.774. The van der Waals surface area contributed by atoms with Crippen molar-refractivity contribution in [3.63, 3.8) is 0 Å². The van der Waals surface area contributed by atoms with Gasteiger partial charge in [-0.05, 0) is 57.8 Å². The minimum Gasteiger partial charge on any atom is -0.462 e. The lowest BCUT2D eigenvalue weighted by molar-refractivity contribution is -0.167. The molecule has 0 aromatic rings. The summed E-state index contributed by atoms with van der Waals surface area (Å²) in [5, 5.41) is 0. The summed E-state index contributed by atoms with van der Waals surface area (Å²) in [6.07, 6.45) is 72.3. The molecule has 0 radical (unpaired) electrons. The van der Waals surface area contributed by atoms with E-state index in [0.717, 1.165) is 83.5 Å². The zero-order valence-corrected chi connectivity index (χ0v) is 48.0. The Morgan fingerprint density at radius 1 is 0.268 bits per heavy atom. The molecule has 1 unspecified atom stereocenters. The maximum Gasteiger partial charge on any atom is 0.306 e. The third-order valence-electron chi connectivity index (χ3n) is 14.4. The van der Waals surface area contributed by atoms with Crippen molar-refractivity contribution in [2.75, 3.05) is 13.2 Å². The Bertz CT molecular complexity index is 1150. The molecule has 0 N–H and O–H groups in total. The van der Waals surface area contributed by atoms with E-state index in [2.05, 4.69) is 45.1 Å². The molecular formula is C65H122O6. The molecule has 0 fully saturated rings. The number of ether oxygens (including phenoxy) is 3. The van der Waals surface area contributed by atoms with Crippen molar-refractivity contribution in [2.24, 2.45) is 0 Å². The normalized spacial score (nSPS) is 12.1. The van der Waals surface area contributed by atoms with Crippen LogP contribution < -0.4 is 0 Å². The van der Waals surface area contributed by atoms with Crippen LogP contribution in [-0.2, 0) is 28.6 Å². The van der Waals surface area contributed by atoms with Crippen molar-refractivity contribution in [3.8, 4) is 0 Å². The highest BCUT2D eigenvalue weighted by Gasteiger charge is 2.19. The second kappa shape index (κ2) is 60.4. The van der Waals surface area contributed by atoms with E-state index in [4.69, 9.17) is 14.2 Å². The van der Waals surface area contributed by atoms with Gasteiger partial charge in [0.1, 0.15) is 13.2 Å². The monoisotopic (exact) mass is 999 g/mol. The summed E-state index contributed by atoms with van der Waals surface area (Å²) < 4.78 is 16.8. The molecular weight excluding hydrogens is 877 g/mol. The number of hydrogen-bond donors (Lipinski definition) is 0. The van der Waals surface area contributed by atoms with Crippen LogP contribution in [0.5, 0.6) is 0 Å². The molecule has 0 heterocycles. The fourth-order valence-corrected chi connectivity index (χ4v) is 9.61. The van der Waals surface area contributed by atoms with Gasteiger partial charge in [-0.3, -0.25) is 14.4 Å². The Hall–Kier alpha value is -2.11. The van der Waals surface area contributed by atoms with Gasteiger partial charge in [0, 0.05) is 19.3 Å². The maximum atomic E-state index is 12.8. The third kappa shape index (κ3) is 58.7. The van der Waals surface area contributed by atoms with E-state index in [1.807, 2.05) is 0 Å². The second-order valence-corrected chi connectivity index (χ2v) is 21.7. The van der Waals surface area contributed by atoms with Gasteiger partial charge < -0.3 is 14.2 Å². The molecule has 0 aliphatic rings. The van der Waals surface area contributed by atoms with Crippen LogP contribution in [0.1, 0.15) is 355 Å². The van der Waals surface area contributed by atoms with Crippen LogP contribution in [0, 0.1) is 0 Å². The summed E-state index contributed by atoms with van der Waals surface area (Å²) in [6, 6.07) is 0. The van der Waals surface area contributed by atoms with E-state index in [0.29, 0.717) is 19.3 Å². The van der Waals surface area contributed by atoms with E-state index >= 15 is 0 Å². The van der Waals surface area contributed by atoms with Gasteiger partial charge in [-0.25, -0.2) is 0 Å². The van der Waals surface area contributed by atoms with Gasteiger partial charge >= 0.3 is 17.9 Å². The first kappa shape index (κ1) is 68.9. The van der Waals surface area contributed by atoms with Crippen LogP contribution in [0.25, 0.3) is 0 Å². The largest absolute Gasteiger partial charge is 0.462 e. The van der Waals surface area contributed by atoms with Gasteiger partial charge in [0.2, 0.25) is 0 Å². The molecule has 6 nitrogen and oxygen atoms in total. The first-order chi connectivity index (χ1) is 35.0. The van der Waals surface area contributed by atoms with Gasteiger partial charge in [-0.2, -0.15) is 0 Å². The Balaban J connectivity index is 3.95. The predicted molar refractivity (Wildman–Crippen MR) is 307 cm³/mol. The lowest BCUT2D eigenvalue weighted by Gasteiger charge is -2.18. The van der Waals surface area contributed by atoms with Crippen molar-refractivity contribution in [3.05, 3.63) is 24.3 Å².